The minimum atomic E-state index is 0.593. The molecule has 0 aromatic heterocycles. The molecule has 0 N–H and O–H groups in total. The number of hydrogen-bond donors (Lipinski definition) is 0. The highest BCUT2D eigenvalue weighted by Gasteiger charge is 2.15. The Balaban J connectivity index is 2.29. The lowest BCUT2D eigenvalue weighted by Crippen LogP contribution is -2.25. The van der Waals surface area contributed by atoms with E-state index in [0.29, 0.717) is 13.1 Å². The largest absolute Gasteiger partial charge is 0.497 e. The smallest absolute Gasteiger partial charge is 0.119 e. The highest BCUT2D eigenvalue weighted by atomic mass is 16.5. The van der Waals surface area contributed by atoms with E-state index in [2.05, 4.69) is 11.4 Å². The third-order valence-electron chi connectivity index (χ3n) is 2.52. The van der Waals surface area contributed by atoms with Crippen LogP contribution in [-0.2, 0) is 13.0 Å². The Morgan fingerprint density at radius 1 is 1.43 bits per heavy atom. The summed E-state index contributed by atoms with van der Waals surface area (Å²) in [6.07, 6.45) is 0.880. The summed E-state index contributed by atoms with van der Waals surface area (Å²) in [7, 11) is 1.64. The van der Waals surface area contributed by atoms with Gasteiger partial charge in [0.05, 0.1) is 18.9 Å². The fourth-order valence-corrected chi connectivity index (χ4v) is 1.72. The first-order chi connectivity index (χ1) is 6.83. The molecule has 4 heteroatoms. The van der Waals surface area contributed by atoms with Crippen molar-refractivity contribution < 1.29 is 4.74 Å². The summed E-state index contributed by atoms with van der Waals surface area (Å²) in [4.78, 5) is 10.4. The molecular formula is C10H12N2O2. The SMILES string of the molecule is COc1ccc2c(c1)CN(N=O)CC2. The fraction of sp³-hybridized carbons (Fsp3) is 0.400. The van der Waals surface area contributed by atoms with Gasteiger partial charge in [-0.1, -0.05) is 6.07 Å². The molecule has 0 amide bonds. The van der Waals surface area contributed by atoms with Crippen molar-refractivity contribution >= 4 is 0 Å². The van der Waals surface area contributed by atoms with Crippen molar-refractivity contribution in [3.05, 3.63) is 34.2 Å². The predicted molar refractivity (Wildman–Crippen MR) is 52.9 cm³/mol. The number of ether oxygens (including phenoxy) is 1. The number of benzene rings is 1. The van der Waals surface area contributed by atoms with E-state index in [9.17, 15) is 4.91 Å². The summed E-state index contributed by atoms with van der Waals surface area (Å²) in [5, 5.41) is 4.47. The van der Waals surface area contributed by atoms with Gasteiger partial charge in [-0.3, -0.25) is 5.01 Å². The Kier molecular flexibility index (Phi) is 2.35. The lowest BCUT2D eigenvalue weighted by atomic mass is 10.0. The Morgan fingerprint density at radius 2 is 2.29 bits per heavy atom. The monoisotopic (exact) mass is 192 g/mol. The van der Waals surface area contributed by atoms with Crippen LogP contribution < -0.4 is 4.74 Å². The number of hydrogen-bond acceptors (Lipinski definition) is 3. The Bertz CT molecular complexity index is 352. The van der Waals surface area contributed by atoms with Crippen LogP contribution >= 0.6 is 0 Å². The van der Waals surface area contributed by atoms with E-state index in [1.54, 1.807) is 7.11 Å². The van der Waals surface area contributed by atoms with Gasteiger partial charge >= 0.3 is 0 Å². The van der Waals surface area contributed by atoms with Gasteiger partial charge in [0.2, 0.25) is 0 Å². The van der Waals surface area contributed by atoms with Crippen molar-refractivity contribution in [3.63, 3.8) is 0 Å². The Hall–Kier alpha value is -1.58. The second kappa shape index (κ2) is 3.65. The summed E-state index contributed by atoms with van der Waals surface area (Å²) in [6.45, 7) is 1.30. The summed E-state index contributed by atoms with van der Waals surface area (Å²) >= 11 is 0. The van der Waals surface area contributed by atoms with E-state index in [4.69, 9.17) is 4.74 Å². The molecule has 0 radical (unpaired) electrons. The number of methoxy groups -OCH3 is 1. The van der Waals surface area contributed by atoms with Crippen LogP contribution in [0.2, 0.25) is 0 Å². The summed E-state index contributed by atoms with van der Waals surface area (Å²) in [5.41, 5.74) is 2.42. The van der Waals surface area contributed by atoms with Crippen LogP contribution in [0.1, 0.15) is 11.1 Å². The molecule has 14 heavy (non-hydrogen) atoms. The van der Waals surface area contributed by atoms with Crippen molar-refractivity contribution in [2.45, 2.75) is 13.0 Å². The quantitative estimate of drug-likeness (QED) is 0.670. The molecule has 74 valence electrons. The van der Waals surface area contributed by atoms with E-state index in [1.165, 1.54) is 10.6 Å². The van der Waals surface area contributed by atoms with Crippen LogP contribution in [0.25, 0.3) is 0 Å². The molecule has 0 aliphatic carbocycles. The van der Waals surface area contributed by atoms with Crippen LogP contribution in [0.4, 0.5) is 0 Å². The fourth-order valence-electron chi connectivity index (χ4n) is 1.72. The average Bonchev–Trinajstić information content (AvgIpc) is 2.27. The Morgan fingerprint density at radius 3 is 3.00 bits per heavy atom. The van der Waals surface area contributed by atoms with Crippen LogP contribution in [0, 0.1) is 4.91 Å². The van der Waals surface area contributed by atoms with Crippen LogP contribution in [0.15, 0.2) is 23.5 Å². The van der Waals surface area contributed by atoms with Gasteiger partial charge in [0, 0.05) is 6.54 Å². The zero-order valence-corrected chi connectivity index (χ0v) is 8.06. The van der Waals surface area contributed by atoms with Crippen LogP contribution in [0.5, 0.6) is 5.75 Å². The maximum atomic E-state index is 10.4. The maximum absolute atomic E-state index is 10.4. The second-order valence-electron chi connectivity index (χ2n) is 3.35. The molecule has 1 aromatic carbocycles. The van der Waals surface area contributed by atoms with Crippen molar-refractivity contribution in [1.29, 1.82) is 0 Å². The van der Waals surface area contributed by atoms with Gasteiger partial charge < -0.3 is 4.74 Å². The highest BCUT2D eigenvalue weighted by molar-refractivity contribution is 5.36. The molecule has 2 rings (SSSR count). The van der Waals surface area contributed by atoms with E-state index in [-0.39, 0.29) is 0 Å². The lowest BCUT2D eigenvalue weighted by molar-refractivity contribution is 0.262. The van der Waals surface area contributed by atoms with Gasteiger partial charge in [-0.15, -0.1) is 4.91 Å². The Labute approximate surface area is 82.4 Å². The first-order valence-corrected chi connectivity index (χ1v) is 4.57. The molecule has 0 spiro atoms. The minimum absolute atomic E-state index is 0.593. The van der Waals surface area contributed by atoms with Crippen molar-refractivity contribution in [3.8, 4) is 5.75 Å². The second-order valence-corrected chi connectivity index (χ2v) is 3.35. The van der Waals surface area contributed by atoms with E-state index < -0.39 is 0 Å². The van der Waals surface area contributed by atoms with Gasteiger partial charge in [0.15, 0.2) is 0 Å². The zero-order chi connectivity index (χ0) is 9.97. The van der Waals surface area contributed by atoms with Crippen molar-refractivity contribution in [2.75, 3.05) is 13.7 Å². The number of fused-ring (bicyclic) bond motifs is 1. The first kappa shape index (κ1) is 8.99. The molecule has 1 aromatic rings. The molecule has 1 aliphatic heterocycles. The molecule has 1 aliphatic rings. The summed E-state index contributed by atoms with van der Waals surface area (Å²) in [5.74, 6) is 0.830. The van der Waals surface area contributed by atoms with Gasteiger partial charge in [-0.2, -0.15) is 0 Å². The van der Waals surface area contributed by atoms with E-state index >= 15 is 0 Å². The summed E-state index contributed by atoms with van der Waals surface area (Å²) in [6, 6.07) is 5.96. The molecule has 0 saturated carbocycles. The standard InChI is InChI=1S/C10H12N2O2/c1-14-10-3-2-8-4-5-12(11-13)7-9(8)6-10/h2-3,6H,4-5,7H2,1H3. The number of nitroso groups, excluding NO2 is 1. The molecule has 0 atom stereocenters. The summed E-state index contributed by atoms with van der Waals surface area (Å²) < 4.78 is 5.12. The molecule has 0 fully saturated rings. The third-order valence-corrected chi connectivity index (χ3v) is 2.52. The molecule has 0 unspecified atom stereocenters. The molecule has 0 bridgehead atoms. The predicted octanol–water partition coefficient (Wildman–Crippen LogP) is 1.73. The molecule has 1 heterocycles. The minimum Gasteiger partial charge on any atom is -0.497 e. The normalized spacial score (nSPS) is 14.8. The lowest BCUT2D eigenvalue weighted by Gasteiger charge is -2.23. The molecule has 4 nitrogen and oxygen atoms in total. The number of nitrogens with zero attached hydrogens (tertiary/aromatic N) is 2. The number of rotatable bonds is 2. The van der Waals surface area contributed by atoms with Crippen LogP contribution in [0.3, 0.4) is 0 Å². The topological polar surface area (TPSA) is 41.9 Å². The van der Waals surface area contributed by atoms with Crippen molar-refractivity contribution in [1.82, 2.24) is 5.01 Å². The third kappa shape index (κ3) is 1.55. The zero-order valence-electron chi connectivity index (χ0n) is 8.06. The highest BCUT2D eigenvalue weighted by Crippen LogP contribution is 2.23. The van der Waals surface area contributed by atoms with Crippen molar-refractivity contribution in [2.24, 2.45) is 5.29 Å². The van der Waals surface area contributed by atoms with Gasteiger partial charge in [-0.25, -0.2) is 0 Å². The van der Waals surface area contributed by atoms with Gasteiger partial charge in [0.25, 0.3) is 0 Å². The van der Waals surface area contributed by atoms with E-state index in [0.717, 1.165) is 17.7 Å². The molecular weight excluding hydrogens is 180 g/mol. The first-order valence-electron chi connectivity index (χ1n) is 4.57. The maximum Gasteiger partial charge on any atom is 0.119 e. The van der Waals surface area contributed by atoms with Gasteiger partial charge in [0.1, 0.15) is 5.75 Å². The molecule has 0 saturated heterocycles. The van der Waals surface area contributed by atoms with E-state index in [1.807, 2.05) is 12.1 Å². The van der Waals surface area contributed by atoms with Crippen LogP contribution in [-0.4, -0.2) is 18.7 Å². The van der Waals surface area contributed by atoms with Gasteiger partial charge in [-0.05, 0) is 29.7 Å². The average molecular weight is 192 g/mol.